The molecular formula is C15H16N4O3S. The molecule has 1 aliphatic heterocycles. The molecule has 0 saturated carbocycles. The van der Waals surface area contributed by atoms with E-state index >= 15 is 0 Å². The molecule has 120 valence electrons. The lowest BCUT2D eigenvalue weighted by molar-refractivity contribution is -0.143. The Morgan fingerprint density at radius 1 is 1.22 bits per heavy atom. The molecule has 0 radical (unpaired) electrons. The van der Waals surface area contributed by atoms with Gasteiger partial charge in [0, 0.05) is 7.05 Å². The van der Waals surface area contributed by atoms with Gasteiger partial charge in [-0.25, -0.2) is 14.7 Å². The Balaban J connectivity index is 1.77. The molecule has 0 spiro atoms. The van der Waals surface area contributed by atoms with Crippen molar-refractivity contribution < 1.29 is 14.4 Å². The average Bonchev–Trinajstić information content (AvgIpc) is 3.06. The van der Waals surface area contributed by atoms with E-state index < -0.39 is 17.8 Å². The summed E-state index contributed by atoms with van der Waals surface area (Å²) in [6.07, 6.45) is 0. The van der Waals surface area contributed by atoms with Gasteiger partial charge < -0.3 is 0 Å². The Hall–Kier alpha value is -2.32. The van der Waals surface area contributed by atoms with Crippen LogP contribution in [0.5, 0.6) is 0 Å². The summed E-state index contributed by atoms with van der Waals surface area (Å²) in [5, 5.41) is 0.896. The third-order valence-corrected chi connectivity index (χ3v) is 5.15. The second kappa shape index (κ2) is 5.71. The van der Waals surface area contributed by atoms with E-state index in [1.54, 1.807) is 18.4 Å². The van der Waals surface area contributed by atoms with Crippen molar-refractivity contribution >= 4 is 39.4 Å². The SMILES string of the molecule is C[C@H](c1nc2ccccc2s1)N(C)CN1C(=O)C(=O)N(C)C1=O. The minimum atomic E-state index is -0.795. The van der Waals surface area contributed by atoms with Gasteiger partial charge in [0.2, 0.25) is 0 Å². The van der Waals surface area contributed by atoms with E-state index in [-0.39, 0.29) is 12.7 Å². The minimum Gasteiger partial charge on any atom is -0.279 e. The molecule has 23 heavy (non-hydrogen) atoms. The third kappa shape index (κ3) is 2.60. The van der Waals surface area contributed by atoms with Crippen molar-refractivity contribution in [3.8, 4) is 0 Å². The molecule has 0 N–H and O–H groups in total. The number of amides is 4. The maximum atomic E-state index is 11.9. The Morgan fingerprint density at radius 2 is 1.91 bits per heavy atom. The van der Waals surface area contributed by atoms with Crippen LogP contribution in [0.4, 0.5) is 4.79 Å². The van der Waals surface area contributed by atoms with Gasteiger partial charge in [0.05, 0.1) is 22.9 Å². The number of imide groups is 2. The van der Waals surface area contributed by atoms with E-state index in [0.717, 1.165) is 25.0 Å². The van der Waals surface area contributed by atoms with Crippen molar-refractivity contribution in [2.75, 3.05) is 20.8 Å². The summed E-state index contributed by atoms with van der Waals surface area (Å²) in [5.74, 6) is -1.59. The molecular weight excluding hydrogens is 316 g/mol. The molecule has 2 heterocycles. The number of hydrogen-bond acceptors (Lipinski definition) is 6. The number of likely N-dealkylation sites (N-methyl/N-ethyl adjacent to an activating group) is 1. The van der Waals surface area contributed by atoms with E-state index in [1.165, 1.54) is 7.05 Å². The first-order valence-corrected chi connectivity index (χ1v) is 7.91. The van der Waals surface area contributed by atoms with Gasteiger partial charge in [-0.15, -0.1) is 11.3 Å². The molecule has 1 saturated heterocycles. The largest absolute Gasteiger partial charge is 0.335 e. The van der Waals surface area contributed by atoms with Gasteiger partial charge in [-0.1, -0.05) is 12.1 Å². The molecule has 0 bridgehead atoms. The molecule has 1 atom stereocenters. The quantitative estimate of drug-likeness (QED) is 0.629. The van der Waals surface area contributed by atoms with Crippen molar-refractivity contribution in [1.29, 1.82) is 0 Å². The molecule has 8 heteroatoms. The number of hydrogen-bond donors (Lipinski definition) is 0. The summed E-state index contributed by atoms with van der Waals surface area (Å²) in [7, 11) is 3.10. The molecule has 3 rings (SSSR count). The second-order valence-corrected chi connectivity index (χ2v) is 6.54. The fourth-order valence-electron chi connectivity index (χ4n) is 2.34. The van der Waals surface area contributed by atoms with E-state index in [2.05, 4.69) is 4.98 Å². The van der Waals surface area contributed by atoms with Crippen LogP contribution >= 0.6 is 11.3 Å². The van der Waals surface area contributed by atoms with Gasteiger partial charge in [0.1, 0.15) is 5.01 Å². The summed E-state index contributed by atoms with van der Waals surface area (Å²) < 4.78 is 1.09. The predicted octanol–water partition coefficient (Wildman–Crippen LogP) is 1.67. The summed E-state index contributed by atoms with van der Waals surface area (Å²) in [5.41, 5.74) is 0.927. The van der Waals surface area contributed by atoms with Gasteiger partial charge in [0.25, 0.3) is 0 Å². The highest BCUT2D eigenvalue weighted by Gasteiger charge is 2.42. The van der Waals surface area contributed by atoms with Crippen molar-refractivity contribution in [2.24, 2.45) is 0 Å². The highest BCUT2D eigenvalue weighted by Crippen LogP contribution is 2.29. The van der Waals surface area contributed by atoms with Crippen molar-refractivity contribution in [3.63, 3.8) is 0 Å². The normalized spacial score (nSPS) is 17.0. The van der Waals surface area contributed by atoms with Crippen LogP contribution in [0.25, 0.3) is 10.2 Å². The van der Waals surface area contributed by atoms with Gasteiger partial charge in [0.15, 0.2) is 0 Å². The first-order valence-electron chi connectivity index (χ1n) is 7.09. The Kier molecular flexibility index (Phi) is 3.87. The number of aromatic nitrogens is 1. The number of fused-ring (bicyclic) bond motifs is 1. The highest BCUT2D eigenvalue weighted by atomic mass is 32.1. The van der Waals surface area contributed by atoms with Crippen molar-refractivity contribution in [2.45, 2.75) is 13.0 Å². The highest BCUT2D eigenvalue weighted by molar-refractivity contribution is 7.18. The Bertz CT molecular complexity index is 770. The lowest BCUT2D eigenvalue weighted by atomic mass is 10.3. The number of nitrogens with zero attached hydrogens (tertiary/aromatic N) is 4. The molecule has 4 amide bonds. The summed E-state index contributed by atoms with van der Waals surface area (Å²) >= 11 is 1.58. The van der Waals surface area contributed by atoms with Gasteiger partial charge in [-0.05, 0) is 26.1 Å². The van der Waals surface area contributed by atoms with Crippen LogP contribution in [0.15, 0.2) is 24.3 Å². The van der Waals surface area contributed by atoms with Crippen LogP contribution in [0, 0.1) is 0 Å². The lowest BCUT2D eigenvalue weighted by Crippen LogP contribution is -2.41. The second-order valence-electron chi connectivity index (χ2n) is 5.47. The van der Waals surface area contributed by atoms with Crippen LogP contribution in [-0.4, -0.2) is 58.3 Å². The first-order chi connectivity index (χ1) is 10.9. The van der Waals surface area contributed by atoms with Gasteiger partial charge in [-0.3, -0.25) is 19.4 Å². The number of carbonyl (C=O) groups excluding carboxylic acids is 3. The molecule has 1 aromatic heterocycles. The van der Waals surface area contributed by atoms with Crippen molar-refractivity contribution in [1.82, 2.24) is 19.7 Å². The van der Waals surface area contributed by atoms with Crippen LogP contribution < -0.4 is 0 Å². The van der Waals surface area contributed by atoms with Crippen LogP contribution in [0.2, 0.25) is 0 Å². The van der Waals surface area contributed by atoms with E-state index in [4.69, 9.17) is 0 Å². The number of para-hydroxylation sites is 1. The molecule has 0 aliphatic carbocycles. The summed E-state index contributed by atoms with van der Waals surface area (Å²) in [6.45, 7) is 2.00. The molecule has 1 aliphatic rings. The molecule has 7 nitrogen and oxygen atoms in total. The Labute approximate surface area is 137 Å². The number of thiazole rings is 1. The number of carbonyl (C=O) groups is 3. The zero-order valence-electron chi connectivity index (χ0n) is 13.0. The average molecular weight is 332 g/mol. The number of rotatable bonds is 4. The van der Waals surface area contributed by atoms with Crippen molar-refractivity contribution in [3.05, 3.63) is 29.3 Å². The number of urea groups is 1. The summed E-state index contributed by atoms with van der Waals surface area (Å²) in [4.78, 5) is 43.5. The zero-order valence-corrected chi connectivity index (χ0v) is 13.8. The van der Waals surface area contributed by atoms with E-state index in [1.807, 2.05) is 36.1 Å². The maximum absolute atomic E-state index is 11.9. The van der Waals surface area contributed by atoms with Crippen LogP contribution in [-0.2, 0) is 9.59 Å². The van der Waals surface area contributed by atoms with Gasteiger partial charge >= 0.3 is 17.8 Å². The van der Waals surface area contributed by atoms with Crippen LogP contribution in [0.1, 0.15) is 18.0 Å². The predicted molar refractivity (Wildman–Crippen MR) is 85.7 cm³/mol. The topological polar surface area (TPSA) is 73.8 Å². The molecule has 1 aromatic carbocycles. The molecule has 0 unspecified atom stereocenters. The standard InChI is InChI=1S/C15H16N4O3S/c1-9(12-16-10-6-4-5-7-11(10)23-12)17(2)8-19-14(21)13(20)18(3)15(19)22/h4-7,9H,8H2,1-3H3/t9-/m1/s1. The lowest BCUT2D eigenvalue weighted by Gasteiger charge is -2.26. The fraction of sp³-hybridized carbons (Fsp3) is 0.333. The maximum Gasteiger partial charge on any atom is 0.335 e. The third-order valence-electron chi connectivity index (χ3n) is 3.94. The Morgan fingerprint density at radius 3 is 2.52 bits per heavy atom. The fourth-order valence-corrected chi connectivity index (χ4v) is 3.43. The van der Waals surface area contributed by atoms with Crippen LogP contribution in [0.3, 0.4) is 0 Å². The van der Waals surface area contributed by atoms with E-state index in [0.29, 0.717) is 0 Å². The first kappa shape index (κ1) is 15.6. The minimum absolute atomic E-state index is 0.0465. The monoisotopic (exact) mass is 332 g/mol. The van der Waals surface area contributed by atoms with E-state index in [9.17, 15) is 14.4 Å². The molecule has 2 aromatic rings. The smallest absolute Gasteiger partial charge is 0.279 e. The zero-order chi connectivity index (χ0) is 16.7. The summed E-state index contributed by atoms with van der Waals surface area (Å²) in [6, 6.07) is 7.16. The van der Waals surface area contributed by atoms with Gasteiger partial charge in [-0.2, -0.15) is 0 Å². The molecule has 1 fully saturated rings. The number of benzene rings is 1.